The van der Waals surface area contributed by atoms with Crippen molar-refractivity contribution in [3.63, 3.8) is 0 Å². The second-order valence-corrected chi connectivity index (χ2v) is 2.35. The van der Waals surface area contributed by atoms with Gasteiger partial charge in [-0.2, -0.15) is 0 Å². The molecule has 1 aromatic heterocycles. The fourth-order valence-electron chi connectivity index (χ4n) is 0.834. The Balaban J connectivity index is 3.31. The Bertz CT molecular complexity index is 296. The van der Waals surface area contributed by atoms with Gasteiger partial charge >= 0.3 is 0 Å². The van der Waals surface area contributed by atoms with E-state index in [2.05, 4.69) is 4.98 Å². The van der Waals surface area contributed by atoms with Crippen LogP contribution in [0.3, 0.4) is 0 Å². The average Bonchev–Trinajstić information content (AvgIpc) is 1.97. The number of pyridine rings is 1. The number of hydrogen-bond acceptors (Lipinski definition) is 2. The number of nitrogens with zero attached hydrogens (tertiary/aromatic N) is 1. The van der Waals surface area contributed by atoms with Crippen LogP contribution in [0.5, 0.6) is 0 Å². The summed E-state index contributed by atoms with van der Waals surface area (Å²) >= 11 is 0. The van der Waals surface area contributed by atoms with Gasteiger partial charge in [-0.25, -0.2) is 4.39 Å². The predicted molar refractivity (Wildman–Crippen MR) is 39.1 cm³/mol. The highest BCUT2D eigenvalue weighted by Gasteiger charge is 2.03. The predicted octanol–water partition coefficient (Wildman–Crippen LogP) is 1.65. The molecule has 0 aliphatic carbocycles. The highest BCUT2D eigenvalue weighted by Crippen LogP contribution is 2.08. The lowest BCUT2D eigenvalue weighted by atomic mass is 10.2. The largest absolute Gasteiger partial charge is 0.298 e. The molecule has 0 aliphatic rings. The molecule has 0 atom stereocenters. The molecule has 1 aromatic rings. The van der Waals surface area contributed by atoms with Crippen LogP contribution in [0.1, 0.15) is 21.7 Å². The van der Waals surface area contributed by atoms with Gasteiger partial charge in [-0.15, -0.1) is 0 Å². The van der Waals surface area contributed by atoms with Crippen molar-refractivity contribution in [1.29, 1.82) is 0 Å². The molecule has 0 aliphatic heterocycles. The molecule has 0 aromatic carbocycles. The van der Waals surface area contributed by atoms with Gasteiger partial charge in [-0.05, 0) is 19.9 Å². The zero-order valence-electron chi connectivity index (χ0n) is 6.39. The van der Waals surface area contributed by atoms with Crippen LogP contribution < -0.4 is 0 Å². The molecule has 0 saturated heterocycles. The van der Waals surface area contributed by atoms with Crippen LogP contribution >= 0.6 is 0 Å². The third-order valence-electron chi connectivity index (χ3n) is 1.51. The van der Waals surface area contributed by atoms with Gasteiger partial charge in [0, 0.05) is 11.3 Å². The topological polar surface area (TPSA) is 30.0 Å². The molecule has 58 valence electrons. The summed E-state index contributed by atoms with van der Waals surface area (Å²) in [4.78, 5) is 14.1. The Morgan fingerprint density at radius 2 is 2.09 bits per heavy atom. The van der Waals surface area contributed by atoms with E-state index in [1.165, 1.54) is 6.07 Å². The lowest BCUT2D eigenvalue weighted by Gasteiger charge is -1.99. The van der Waals surface area contributed by atoms with Crippen LogP contribution in [0.4, 0.5) is 4.39 Å². The number of rotatable bonds is 1. The Hall–Kier alpha value is -1.25. The minimum atomic E-state index is -0.433. The Morgan fingerprint density at radius 1 is 1.45 bits per heavy atom. The fraction of sp³-hybridized carbons (Fsp3) is 0.250. The number of hydrogen-bond donors (Lipinski definition) is 0. The molecular weight excluding hydrogens is 145 g/mol. The standard InChI is InChI=1S/C8H8FNO/c1-5-7(4-11)3-8(9)6(2)10-5/h3-4H,1-2H3. The molecule has 2 nitrogen and oxygen atoms in total. The highest BCUT2D eigenvalue weighted by molar-refractivity contribution is 5.76. The minimum absolute atomic E-state index is 0.313. The number of carbonyl (C=O) groups excluding carboxylic acids is 1. The molecule has 3 heteroatoms. The van der Waals surface area contributed by atoms with Crippen molar-refractivity contribution in [2.75, 3.05) is 0 Å². The summed E-state index contributed by atoms with van der Waals surface area (Å²) in [5.74, 6) is -0.433. The number of aromatic nitrogens is 1. The van der Waals surface area contributed by atoms with Crippen molar-refractivity contribution in [2.45, 2.75) is 13.8 Å². The lowest BCUT2D eigenvalue weighted by Crippen LogP contribution is -1.96. The molecule has 1 rings (SSSR count). The van der Waals surface area contributed by atoms with Crippen molar-refractivity contribution >= 4 is 6.29 Å². The molecule has 0 spiro atoms. The van der Waals surface area contributed by atoms with Gasteiger partial charge in [0.15, 0.2) is 6.29 Å². The van der Waals surface area contributed by atoms with Gasteiger partial charge in [0.25, 0.3) is 0 Å². The average molecular weight is 153 g/mol. The maximum Gasteiger partial charge on any atom is 0.151 e. The van der Waals surface area contributed by atoms with Gasteiger partial charge in [-0.3, -0.25) is 9.78 Å². The van der Waals surface area contributed by atoms with Gasteiger partial charge in [0.1, 0.15) is 5.82 Å². The first-order valence-corrected chi connectivity index (χ1v) is 3.24. The second kappa shape index (κ2) is 2.78. The summed E-state index contributed by atoms with van der Waals surface area (Å²) in [6.07, 6.45) is 0.602. The second-order valence-electron chi connectivity index (χ2n) is 2.35. The summed E-state index contributed by atoms with van der Waals surface area (Å²) in [5, 5.41) is 0. The minimum Gasteiger partial charge on any atom is -0.298 e. The zero-order valence-corrected chi connectivity index (χ0v) is 6.39. The summed E-state index contributed by atoms with van der Waals surface area (Å²) in [6.45, 7) is 3.24. The van der Waals surface area contributed by atoms with E-state index in [1.807, 2.05) is 0 Å². The van der Waals surface area contributed by atoms with Gasteiger partial charge < -0.3 is 0 Å². The zero-order chi connectivity index (χ0) is 8.43. The number of aryl methyl sites for hydroxylation is 2. The van der Waals surface area contributed by atoms with Gasteiger partial charge in [0.05, 0.1) is 5.69 Å². The first kappa shape index (κ1) is 7.85. The third kappa shape index (κ3) is 1.42. The van der Waals surface area contributed by atoms with E-state index in [0.29, 0.717) is 23.2 Å². The molecule has 0 amide bonds. The molecular formula is C8H8FNO. The van der Waals surface area contributed by atoms with Gasteiger partial charge in [-0.1, -0.05) is 0 Å². The normalized spacial score (nSPS) is 9.73. The fourth-order valence-corrected chi connectivity index (χ4v) is 0.834. The van der Waals surface area contributed by atoms with E-state index in [-0.39, 0.29) is 0 Å². The van der Waals surface area contributed by atoms with E-state index in [1.54, 1.807) is 13.8 Å². The van der Waals surface area contributed by atoms with Crippen molar-refractivity contribution < 1.29 is 9.18 Å². The van der Waals surface area contributed by atoms with Crippen molar-refractivity contribution in [1.82, 2.24) is 4.98 Å². The summed E-state index contributed by atoms with van der Waals surface area (Å²) in [6, 6.07) is 1.20. The number of carbonyl (C=O) groups is 1. The first-order chi connectivity index (χ1) is 5.15. The molecule has 0 saturated carbocycles. The van der Waals surface area contributed by atoms with E-state index in [0.717, 1.165) is 0 Å². The Labute approximate surface area is 64.1 Å². The van der Waals surface area contributed by atoms with Crippen LogP contribution in [-0.2, 0) is 0 Å². The maximum absolute atomic E-state index is 12.7. The van der Waals surface area contributed by atoms with Gasteiger partial charge in [0.2, 0.25) is 0 Å². The quantitative estimate of drug-likeness (QED) is 0.574. The summed E-state index contributed by atoms with van der Waals surface area (Å²) < 4.78 is 12.7. The monoisotopic (exact) mass is 153 g/mol. The molecule has 11 heavy (non-hydrogen) atoms. The molecule has 0 radical (unpaired) electrons. The first-order valence-electron chi connectivity index (χ1n) is 3.24. The number of halogens is 1. The molecule has 0 N–H and O–H groups in total. The van der Waals surface area contributed by atoms with Crippen molar-refractivity contribution in [3.05, 3.63) is 28.8 Å². The molecule has 1 heterocycles. The SMILES string of the molecule is Cc1nc(C)c(C=O)cc1F. The summed E-state index contributed by atoms with van der Waals surface area (Å²) in [5.41, 5.74) is 1.21. The van der Waals surface area contributed by atoms with Crippen LogP contribution in [0.25, 0.3) is 0 Å². The van der Waals surface area contributed by atoms with E-state index >= 15 is 0 Å². The maximum atomic E-state index is 12.7. The van der Waals surface area contributed by atoms with E-state index in [9.17, 15) is 9.18 Å². The molecule has 0 bridgehead atoms. The lowest BCUT2D eigenvalue weighted by molar-refractivity contribution is 0.112. The van der Waals surface area contributed by atoms with E-state index < -0.39 is 5.82 Å². The Kier molecular flexibility index (Phi) is 1.98. The van der Waals surface area contributed by atoms with Crippen molar-refractivity contribution in [2.24, 2.45) is 0 Å². The number of aldehydes is 1. The highest BCUT2D eigenvalue weighted by atomic mass is 19.1. The Morgan fingerprint density at radius 3 is 2.64 bits per heavy atom. The van der Waals surface area contributed by atoms with Crippen molar-refractivity contribution in [3.8, 4) is 0 Å². The smallest absolute Gasteiger partial charge is 0.151 e. The van der Waals surface area contributed by atoms with Crippen LogP contribution in [0.2, 0.25) is 0 Å². The van der Waals surface area contributed by atoms with Crippen LogP contribution in [-0.4, -0.2) is 11.3 Å². The van der Waals surface area contributed by atoms with Crippen LogP contribution in [0.15, 0.2) is 6.07 Å². The summed E-state index contributed by atoms with van der Waals surface area (Å²) in [7, 11) is 0. The van der Waals surface area contributed by atoms with E-state index in [4.69, 9.17) is 0 Å². The van der Waals surface area contributed by atoms with Crippen LogP contribution in [0, 0.1) is 19.7 Å². The molecule has 0 unspecified atom stereocenters. The molecule has 0 fully saturated rings. The third-order valence-corrected chi connectivity index (χ3v) is 1.51.